The van der Waals surface area contributed by atoms with Gasteiger partial charge in [0.05, 0.1) is 88.3 Å². The molecule has 1 fully saturated rings. The Morgan fingerprint density at radius 3 is 1.94 bits per heavy atom. The summed E-state index contributed by atoms with van der Waals surface area (Å²) in [6.45, 7) is 15.8. The summed E-state index contributed by atoms with van der Waals surface area (Å²) in [5.74, 6) is -5.62. The van der Waals surface area contributed by atoms with E-state index in [2.05, 4.69) is 26.6 Å². The number of amides is 5. The number of halogens is 1. The quantitative estimate of drug-likeness (QED) is 0.0185. The molecule has 0 saturated carbocycles. The minimum Gasteiger partial charge on any atom is -0.495 e. The summed E-state index contributed by atoms with van der Waals surface area (Å²) < 4.78 is 75.6. The molecule has 8 atom stereocenters. The maximum absolute atomic E-state index is 14.2. The third kappa shape index (κ3) is 33.0. The van der Waals surface area contributed by atoms with Gasteiger partial charge >= 0.3 is 11.9 Å². The van der Waals surface area contributed by atoms with Crippen molar-refractivity contribution in [1.29, 1.82) is 0 Å². The Bertz CT molecular complexity index is 3070. The van der Waals surface area contributed by atoms with Crippen LogP contribution in [0.15, 0.2) is 54.6 Å². The van der Waals surface area contributed by atoms with Gasteiger partial charge in [-0.1, -0.05) is 89.0 Å². The second-order valence-electron chi connectivity index (χ2n) is 26.2. The molecule has 0 spiro atoms. The second-order valence-corrected chi connectivity index (χ2v) is 28.2. The van der Waals surface area contributed by atoms with Crippen LogP contribution in [0.4, 0.5) is 0 Å². The van der Waals surface area contributed by atoms with E-state index in [4.69, 9.17) is 54.0 Å². The summed E-state index contributed by atoms with van der Waals surface area (Å²) in [5, 5.41) is 14.0. The Morgan fingerprint density at radius 2 is 1.36 bits per heavy atom. The van der Waals surface area contributed by atoms with Crippen molar-refractivity contribution in [3.8, 4) is 5.75 Å². The summed E-state index contributed by atoms with van der Waals surface area (Å²) in [5.41, 5.74) is 1.03. The number of carbonyl (C=O) groups is 10. The van der Waals surface area contributed by atoms with Crippen molar-refractivity contribution in [2.75, 3.05) is 85.4 Å². The van der Waals surface area contributed by atoms with Crippen molar-refractivity contribution < 1.29 is 98.8 Å². The van der Waals surface area contributed by atoms with Crippen LogP contribution in [0.5, 0.6) is 5.75 Å². The Hall–Kier alpha value is -6.72. The van der Waals surface area contributed by atoms with E-state index in [0.717, 1.165) is 11.1 Å². The fraction of sp³-hybridized carbons (Fsp3) is 0.657. The number of aryl methyl sites for hydroxylation is 1. The van der Waals surface area contributed by atoms with E-state index in [1.54, 1.807) is 38.1 Å². The fourth-order valence-corrected chi connectivity index (χ4v) is 11.2. The van der Waals surface area contributed by atoms with Crippen LogP contribution < -0.4 is 31.3 Å². The van der Waals surface area contributed by atoms with Gasteiger partial charge in [-0.3, -0.25) is 42.9 Å². The van der Waals surface area contributed by atoms with Crippen molar-refractivity contribution in [2.24, 2.45) is 29.1 Å². The molecule has 0 radical (unpaired) electrons. The molecule has 0 aromatic heterocycles. The van der Waals surface area contributed by atoms with Crippen molar-refractivity contribution in [3.05, 3.63) is 76.3 Å². The number of unbranched alkanes of at least 4 members (excludes halogenated alkanes) is 1. The number of ketones is 3. The molecule has 2 aliphatic heterocycles. The molecule has 4 rings (SSSR count). The first kappa shape index (κ1) is 83.7. The number of carbonyl (C=O) groups excluding carboxylic acids is 10. The topological polar surface area (TPSA) is 362 Å². The van der Waals surface area contributed by atoms with Gasteiger partial charge in [0.25, 0.3) is 10.1 Å². The zero-order valence-electron chi connectivity index (χ0n) is 58.3. The van der Waals surface area contributed by atoms with Crippen molar-refractivity contribution >= 4 is 80.5 Å². The van der Waals surface area contributed by atoms with E-state index in [-0.39, 0.29) is 152 Å². The van der Waals surface area contributed by atoms with Crippen molar-refractivity contribution in [2.45, 2.75) is 182 Å². The van der Waals surface area contributed by atoms with Crippen LogP contribution in [0, 0.1) is 29.1 Å². The van der Waals surface area contributed by atoms with Crippen LogP contribution in [0.25, 0.3) is 0 Å². The fourth-order valence-electron chi connectivity index (χ4n) is 10.6. The largest absolute Gasteiger partial charge is 0.495 e. The summed E-state index contributed by atoms with van der Waals surface area (Å²) >= 11 is 6.41. The van der Waals surface area contributed by atoms with Gasteiger partial charge in [-0.25, -0.2) is 4.79 Å². The number of rotatable bonds is 44. The summed E-state index contributed by atoms with van der Waals surface area (Å²) in [6.07, 6.45) is 2.81. The van der Waals surface area contributed by atoms with Crippen LogP contribution >= 0.6 is 11.6 Å². The van der Waals surface area contributed by atoms with Crippen LogP contribution in [-0.4, -0.2) is 188 Å². The lowest BCUT2D eigenvalue weighted by Crippen LogP contribution is -2.51. The average Bonchev–Trinajstić information content (AvgIpc) is 1.62. The molecule has 2 aromatic carbocycles. The van der Waals surface area contributed by atoms with Crippen molar-refractivity contribution in [3.63, 3.8) is 0 Å². The Balaban J connectivity index is 1.32. The van der Waals surface area contributed by atoms with Gasteiger partial charge in [0.2, 0.25) is 29.5 Å². The zero-order chi connectivity index (χ0) is 72.4. The van der Waals surface area contributed by atoms with Gasteiger partial charge in [0.1, 0.15) is 35.6 Å². The highest BCUT2D eigenvalue weighted by molar-refractivity contribution is 7.85. The lowest BCUT2D eigenvalue weighted by Gasteiger charge is -2.29. The predicted octanol–water partition coefficient (Wildman–Crippen LogP) is 6.24. The van der Waals surface area contributed by atoms with E-state index >= 15 is 0 Å². The zero-order valence-corrected chi connectivity index (χ0v) is 59.8. The number of methoxy groups -OCH3 is 1. The van der Waals surface area contributed by atoms with E-state index < -0.39 is 99.3 Å². The molecule has 2 aliphatic rings. The number of benzene rings is 2. The third-order valence-corrected chi connectivity index (χ3v) is 17.5. The number of nitrogens with one attached hydrogen (secondary N) is 5. The van der Waals surface area contributed by atoms with Gasteiger partial charge in [-0.2, -0.15) is 8.42 Å². The van der Waals surface area contributed by atoms with Gasteiger partial charge in [0.15, 0.2) is 11.9 Å². The lowest BCUT2D eigenvalue weighted by molar-refractivity contribution is -0.179. The molecular formula is C70H104ClN5O21S. The summed E-state index contributed by atoms with van der Waals surface area (Å²) in [4.78, 5) is 132. The Labute approximate surface area is 581 Å². The number of hydrogen-bond acceptors (Lipinski definition) is 20. The Morgan fingerprint density at radius 1 is 0.745 bits per heavy atom. The maximum atomic E-state index is 14.2. The predicted molar refractivity (Wildman–Crippen MR) is 363 cm³/mol. The summed E-state index contributed by atoms with van der Waals surface area (Å²) in [6, 6.07) is 10.7. The molecule has 0 bridgehead atoms. The highest BCUT2D eigenvalue weighted by Crippen LogP contribution is 2.45. The van der Waals surface area contributed by atoms with Gasteiger partial charge in [0, 0.05) is 82.8 Å². The smallest absolute Gasteiger partial charge is 0.347 e. The molecule has 1 saturated heterocycles. The van der Waals surface area contributed by atoms with E-state index in [9.17, 15) is 56.4 Å². The lowest BCUT2D eigenvalue weighted by atomic mass is 9.85. The monoisotopic (exact) mass is 1420 g/mol. The van der Waals surface area contributed by atoms with Crippen LogP contribution in [0.2, 0.25) is 5.02 Å². The third-order valence-electron chi connectivity index (χ3n) is 16.5. The number of epoxide rings is 1. The first-order chi connectivity index (χ1) is 46.5. The molecule has 28 heteroatoms. The molecule has 98 heavy (non-hydrogen) atoms. The normalized spacial score (nSPS) is 19.6. The highest BCUT2D eigenvalue weighted by Gasteiger charge is 2.48. The number of hydrogen-bond donors (Lipinski definition) is 6. The SMILES string of the molecule is COc1ccc(C[C@H]2NC(=O)/C=C/C[C@@H]([C@H](C)[C@H]3O[C@@H]3c3ccc(CCC(=O)[C@H](CCCCNC(=O)CCOCCOCCOCCOCCC(=O)NCCS(=O)(=O)O)CC(=O)[C@@H](NC(=O)CCCC(C)=O)C(C)C)cc3)OC(=O)[C@H](CC(C)C)OC(=O)C(C)(C)CNC2=O)cc1Cl. The summed E-state index contributed by atoms with van der Waals surface area (Å²) in [7, 11) is -2.67. The number of esters is 2. The van der Waals surface area contributed by atoms with Gasteiger partial charge in [-0.15, -0.1) is 0 Å². The first-order valence-corrected chi connectivity index (χ1v) is 35.8. The van der Waals surface area contributed by atoms with E-state index in [1.807, 2.05) is 58.9 Å². The highest BCUT2D eigenvalue weighted by atomic mass is 35.5. The average molecular weight is 1420 g/mol. The Kier molecular flexibility index (Phi) is 37.3. The number of ether oxygens (including phenoxy) is 8. The molecule has 2 aromatic rings. The molecule has 0 unspecified atom stereocenters. The van der Waals surface area contributed by atoms with E-state index in [1.165, 1.54) is 20.1 Å². The minimum atomic E-state index is -4.15. The number of cyclic esters (lactones) is 2. The van der Waals surface area contributed by atoms with Gasteiger partial charge < -0.3 is 69.3 Å². The van der Waals surface area contributed by atoms with Crippen molar-refractivity contribution in [1.82, 2.24) is 26.6 Å². The second kappa shape index (κ2) is 43.7. The molecule has 0 aliphatic carbocycles. The standard InChI is InChI=1S/C70H104ClN5O21S/c1-45(2)40-59-68(85)95-57(16-13-18-62(82)75-54(42-50-22-26-58(90-9)53(71)41-50)67(84)74-44-70(7,8)69(86)96-59)48(6)65-66(97-65)51-23-19-49(20-24-51)21-25-55(78)52(43-56(79)64(46(3)4)76-63(83)17-12-14-47(5)77)15-10-11-29-72-60(80)27-31-91-33-35-93-37-38-94-36-34-92-32-28-61(81)73-30-39-98(87,88)89/h13,18-20,22-24,26,41,45-46,48,52,54,57,59,64-66H,10-12,14-17,21,25,27-40,42-44H2,1-9H3,(H,72,80)(H,73,81)(H,74,84)(H,75,82)(H,76,83)(H,87,88,89)/b18-13+/t48-,52+,54+,57-,59-,64-,65+,66+/m0/s1. The van der Waals surface area contributed by atoms with Crippen LogP contribution in [0.1, 0.15) is 155 Å². The van der Waals surface area contributed by atoms with Gasteiger partial charge in [-0.05, 0) is 99.6 Å². The van der Waals surface area contributed by atoms with E-state index in [0.29, 0.717) is 68.2 Å². The molecule has 2 heterocycles. The molecule has 5 amide bonds. The first-order valence-electron chi connectivity index (χ1n) is 33.8. The van der Waals surface area contributed by atoms with Crippen LogP contribution in [-0.2, 0) is 104 Å². The van der Waals surface area contributed by atoms with Crippen LogP contribution in [0.3, 0.4) is 0 Å². The molecule has 26 nitrogen and oxygen atoms in total. The maximum Gasteiger partial charge on any atom is 0.347 e. The molecule has 548 valence electrons. The molecular weight excluding hydrogens is 1310 g/mol. The molecule has 6 N–H and O–H groups in total. The minimum absolute atomic E-state index is 0.0247. The number of Topliss-reactive ketones (excluding diaryl/α,β-unsaturated/α-hetero) is 3.